The van der Waals surface area contributed by atoms with Crippen molar-refractivity contribution in [3.05, 3.63) is 52.8 Å². The highest BCUT2D eigenvalue weighted by Gasteiger charge is 2.16. The van der Waals surface area contributed by atoms with E-state index in [1.54, 1.807) is 6.92 Å². The molecule has 5 heteroatoms. The second-order valence-electron chi connectivity index (χ2n) is 4.71. The maximum atomic E-state index is 9.97. The van der Waals surface area contributed by atoms with Crippen molar-refractivity contribution in [3.8, 4) is 5.69 Å². The van der Waals surface area contributed by atoms with Crippen molar-refractivity contribution < 1.29 is 5.11 Å². The zero-order valence-electron chi connectivity index (χ0n) is 10.9. The van der Waals surface area contributed by atoms with Gasteiger partial charge in [-0.1, -0.05) is 15.9 Å². The number of rotatable bonds is 2. The topological polar surface area (TPSA) is 64.1 Å². The summed E-state index contributed by atoms with van der Waals surface area (Å²) in [5.41, 5.74) is 9.13. The zero-order chi connectivity index (χ0) is 14.3. The minimum absolute atomic E-state index is 0.605. The summed E-state index contributed by atoms with van der Waals surface area (Å²) >= 11 is 3.42. The maximum absolute atomic E-state index is 9.97. The molecule has 0 radical (unpaired) electrons. The van der Waals surface area contributed by atoms with Crippen LogP contribution in [0.5, 0.6) is 0 Å². The average Bonchev–Trinajstić information content (AvgIpc) is 2.78. The molecule has 3 aromatic rings. The van der Waals surface area contributed by atoms with Gasteiger partial charge in [-0.3, -0.25) is 4.57 Å². The summed E-state index contributed by atoms with van der Waals surface area (Å²) in [6.07, 6.45) is -0.660. The lowest BCUT2D eigenvalue weighted by molar-refractivity contribution is 0.187. The van der Waals surface area contributed by atoms with Gasteiger partial charge in [-0.15, -0.1) is 0 Å². The third kappa shape index (κ3) is 2.19. The van der Waals surface area contributed by atoms with Gasteiger partial charge in [0.15, 0.2) is 0 Å². The maximum Gasteiger partial charge on any atom is 0.143 e. The molecule has 0 aliphatic rings. The molecule has 0 aliphatic carbocycles. The summed E-state index contributed by atoms with van der Waals surface area (Å²) in [6, 6.07) is 13.5. The van der Waals surface area contributed by atoms with Crippen molar-refractivity contribution in [2.45, 2.75) is 13.0 Å². The van der Waals surface area contributed by atoms with E-state index in [0.717, 1.165) is 21.2 Å². The van der Waals surface area contributed by atoms with Gasteiger partial charge >= 0.3 is 0 Å². The molecule has 1 heterocycles. The monoisotopic (exact) mass is 331 g/mol. The number of imidazole rings is 1. The molecule has 3 N–H and O–H groups in total. The van der Waals surface area contributed by atoms with E-state index in [1.807, 2.05) is 47.0 Å². The van der Waals surface area contributed by atoms with E-state index in [4.69, 9.17) is 5.73 Å². The number of aromatic nitrogens is 2. The largest absolute Gasteiger partial charge is 0.399 e. The third-order valence-corrected chi connectivity index (χ3v) is 3.69. The minimum Gasteiger partial charge on any atom is -0.399 e. The molecule has 3 rings (SSSR count). The van der Waals surface area contributed by atoms with Crippen LogP contribution >= 0.6 is 15.9 Å². The van der Waals surface area contributed by atoms with Gasteiger partial charge in [-0.05, 0) is 49.4 Å². The average molecular weight is 332 g/mol. The second kappa shape index (κ2) is 4.92. The Kier molecular flexibility index (Phi) is 3.23. The van der Waals surface area contributed by atoms with Crippen LogP contribution in [0.15, 0.2) is 46.9 Å². The molecule has 0 spiro atoms. The van der Waals surface area contributed by atoms with E-state index in [-0.39, 0.29) is 0 Å². The Labute approximate surface area is 125 Å². The molecule has 0 bridgehead atoms. The van der Waals surface area contributed by atoms with Gasteiger partial charge in [-0.2, -0.15) is 0 Å². The van der Waals surface area contributed by atoms with Crippen LogP contribution in [-0.2, 0) is 0 Å². The van der Waals surface area contributed by atoms with Crippen molar-refractivity contribution >= 4 is 32.7 Å². The Morgan fingerprint density at radius 1 is 1.20 bits per heavy atom. The molecule has 4 nitrogen and oxygen atoms in total. The Balaban J connectivity index is 2.31. The highest BCUT2D eigenvalue weighted by molar-refractivity contribution is 9.10. The number of nitrogens with zero attached hydrogens (tertiary/aromatic N) is 2. The third-order valence-electron chi connectivity index (χ3n) is 3.16. The molecule has 1 unspecified atom stereocenters. The van der Waals surface area contributed by atoms with E-state index in [2.05, 4.69) is 20.9 Å². The van der Waals surface area contributed by atoms with Gasteiger partial charge in [-0.25, -0.2) is 4.98 Å². The zero-order valence-corrected chi connectivity index (χ0v) is 12.5. The lowest BCUT2D eigenvalue weighted by atomic mass is 10.2. The van der Waals surface area contributed by atoms with Crippen LogP contribution in [0, 0.1) is 0 Å². The predicted octanol–water partition coefficient (Wildman–Crippen LogP) is 3.42. The number of aliphatic hydroxyl groups excluding tert-OH is 1. The first-order valence-electron chi connectivity index (χ1n) is 6.28. The summed E-state index contributed by atoms with van der Waals surface area (Å²) < 4.78 is 2.96. The van der Waals surface area contributed by atoms with Crippen LogP contribution in [0.1, 0.15) is 18.9 Å². The van der Waals surface area contributed by atoms with Crippen LogP contribution in [0.3, 0.4) is 0 Å². The number of halogens is 1. The number of hydrogen-bond donors (Lipinski definition) is 2. The number of anilines is 1. The number of aliphatic hydroxyl groups is 1. The molecule has 0 amide bonds. The summed E-state index contributed by atoms with van der Waals surface area (Å²) in [6.45, 7) is 1.71. The van der Waals surface area contributed by atoms with E-state index in [1.165, 1.54) is 0 Å². The van der Waals surface area contributed by atoms with E-state index in [0.29, 0.717) is 11.5 Å². The van der Waals surface area contributed by atoms with Crippen LogP contribution in [0.2, 0.25) is 0 Å². The first kappa shape index (κ1) is 13.1. The molecule has 0 saturated carbocycles. The van der Waals surface area contributed by atoms with Crippen LogP contribution in [0.25, 0.3) is 16.7 Å². The fourth-order valence-electron chi connectivity index (χ4n) is 2.26. The number of hydrogen-bond acceptors (Lipinski definition) is 3. The SMILES string of the molecule is CC(O)c1nc2cc(N)ccc2n1-c1ccc(Br)cc1. The van der Waals surface area contributed by atoms with Crippen molar-refractivity contribution in [2.75, 3.05) is 5.73 Å². The lowest BCUT2D eigenvalue weighted by Crippen LogP contribution is -2.04. The fourth-order valence-corrected chi connectivity index (χ4v) is 2.52. The molecule has 1 aromatic heterocycles. The predicted molar refractivity (Wildman–Crippen MR) is 83.8 cm³/mol. The van der Waals surface area contributed by atoms with Crippen molar-refractivity contribution in [1.82, 2.24) is 9.55 Å². The van der Waals surface area contributed by atoms with Crippen molar-refractivity contribution in [2.24, 2.45) is 0 Å². The molecule has 1 atom stereocenters. The van der Waals surface area contributed by atoms with Crippen molar-refractivity contribution in [3.63, 3.8) is 0 Å². The van der Waals surface area contributed by atoms with Gasteiger partial charge in [0.2, 0.25) is 0 Å². The molecular formula is C15H14BrN3O. The molecule has 0 saturated heterocycles. The van der Waals surface area contributed by atoms with E-state index >= 15 is 0 Å². The standard InChI is InChI=1S/C15H14BrN3O/c1-9(20)15-18-13-8-11(17)4-7-14(13)19(15)12-5-2-10(16)3-6-12/h2-9,20H,17H2,1H3. The molecular weight excluding hydrogens is 318 g/mol. The van der Waals surface area contributed by atoms with Gasteiger partial charge in [0.05, 0.1) is 11.0 Å². The fraction of sp³-hybridized carbons (Fsp3) is 0.133. The number of nitrogen functional groups attached to an aromatic ring is 1. The van der Waals surface area contributed by atoms with Gasteiger partial charge in [0, 0.05) is 15.8 Å². The summed E-state index contributed by atoms with van der Waals surface area (Å²) in [5.74, 6) is 0.605. The molecule has 102 valence electrons. The molecule has 20 heavy (non-hydrogen) atoms. The Morgan fingerprint density at radius 2 is 1.90 bits per heavy atom. The van der Waals surface area contributed by atoms with E-state index < -0.39 is 6.10 Å². The highest BCUT2D eigenvalue weighted by atomic mass is 79.9. The van der Waals surface area contributed by atoms with Crippen LogP contribution in [0.4, 0.5) is 5.69 Å². The quantitative estimate of drug-likeness (QED) is 0.707. The Morgan fingerprint density at radius 3 is 2.55 bits per heavy atom. The molecule has 0 aliphatic heterocycles. The lowest BCUT2D eigenvalue weighted by Gasteiger charge is -2.11. The summed E-state index contributed by atoms with van der Waals surface area (Å²) in [5, 5.41) is 9.97. The number of fused-ring (bicyclic) bond motifs is 1. The van der Waals surface area contributed by atoms with Crippen LogP contribution < -0.4 is 5.73 Å². The highest BCUT2D eigenvalue weighted by Crippen LogP contribution is 2.27. The van der Waals surface area contributed by atoms with Crippen molar-refractivity contribution in [1.29, 1.82) is 0 Å². The van der Waals surface area contributed by atoms with Gasteiger partial charge in [0.1, 0.15) is 11.9 Å². The first-order chi connectivity index (χ1) is 9.56. The Bertz CT molecular complexity index is 763. The second-order valence-corrected chi connectivity index (χ2v) is 5.62. The molecule has 2 aromatic carbocycles. The summed E-state index contributed by atoms with van der Waals surface area (Å²) in [7, 11) is 0. The first-order valence-corrected chi connectivity index (χ1v) is 7.07. The van der Waals surface area contributed by atoms with Gasteiger partial charge in [0.25, 0.3) is 0 Å². The van der Waals surface area contributed by atoms with E-state index in [9.17, 15) is 5.11 Å². The normalized spacial score (nSPS) is 12.8. The summed E-state index contributed by atoms with van der Waals surface area (Å²) in [4.78, 5) is 4.49. The number of nitrogens with two attached hydrogens (primary N) is 1. The van der Waals surface area contributed by atoms with Gasteiger partial charge < -0.3 is 10.8 Å². The number of benzene rings is 2. The smallest absolute Gasteiger partial charge is 0.143 e. The minimum atomic E-state index is -0.660. The molecule has 0 fully saturated rings. The van der Waals surface area contributed by atoms with Crippen LogP contribution in [-0.4, -0.2) is 14.7 Å². The Hall–Kier alpha value is -1.85.